The van der Waals surface area contributed by atoms with Crippen molar-refractivity contribution >= 4 is 34.6 Å². The lowest BCUT2D eigenvalue weighted by molar-refractivity contribution is -0.111. The van der Waals surface area contributed by atoms with Crippen LogP contribution in [0.1, 0.15) is 25.0 Å². The zero-order chi connectivity index (χ0) is 23.2. The van der Waals surface area contributed by atoms with Crippen LogP contribution in [-0.2, 0) is 9.53 Å². The van der Waals surface area contributed by atoms with Crippen LogP contribution < -0.4 is 16.0 Å². The second-order valence-electron chi connectivity index (χ2n) is 8.63. The number of benzene rings is 1. The minimum absolute atomic E-state index is 0.0469. The number of allylic oxidation sites excluding steroid dienone is 1. The fourth-order valence-electron chi connectivity index (χ4n) is 4.35. The number of halogens is 1. The average molecular weight is 449 g/mol. The molecule has 0 atom stereocenters. The van der Waals surface area contributed by atoms with E-state index in [1.807, 2.05) is 32.1 Å². The molecule has 5 rings (SSSR count). The molecule has 1 fully saturated rings. The lowest BCUT2D eigenvalue weighted by atomic mass is 9.92. The fourth-order valence-corrected chi connectivity index (χ4v) is 4.35. The summed E-state index contributed by atoms with van der Waals surface area (Å²) in [6.07, 6.45) is 3.57. The van der Waals surface area contributed by atoms with Crippen LogP contribution in [0.3, 0.4) is 0 Å². The van der Waals surface area contributed by atoms with Gasteiger partial charge in [0.2, 0.25) is 0 Å². The summed E-state index contributed by atoms with van der Waals surface area (Å²) in [4.78, 5) is 30.4. The lowest BCUT2D eigenvalue weighted by Crippen LogP contribution is -2.32. The number of hydrogen-bond donors (Lipinski definition) is 3. The van der Waals surface area contributed by atoms with E-state index in [1.165, 1.54) is 12.1 Å². The number of anilines is 2. The van der Waals surface area contributed by atoms with Gasteiger partial charge in [-0.1, -0.05) is 0 Å². The number of rotatable bonds is 5. The molecule has 3 N–H and O–H groups in total. The van der Waals surface area contributed by atoms with Crippen LogP contribution >= 0.6 is 0 Å². The van der Waals surface area contributed by atoms with Crippen molar-refractivity contribution in [3.05, 3.63) is 65.3 Å². The van der Waals surface area contributed by atoms with Gasteiger partial charge in [-0.25, -0.2) is 14.2 Å². The first-order valence-electron chi connectivity index (χ1n) is 10.8. The van der Waals surface area contributed by atoms with Crippen molar-refractivity contribution in [2.75, 3.05) is 36.8 Å². The lowest BCUT2D eigenvalue weighted by Gasteiger charge is -2.23. The van der Waals surface area contributed by atoms with Crippen LogP contribution in [0.5, 0.6) is 0 Å². The number of hydrogen-bond acceptors (Lipinski definition) is 5. The number of carbonyl (C=O) groups is 2. The largest absolute Gasteiger partial charge is 0.482 e. The second kappa shape index (κ2) is 7.91. The summed E-state index contributed by atoms with van der Waals surface area (Å²) in [5, 5.41) is 8.75. The van der Waals surface area contributed by atoms with E-state index in [-0.39, 0.29) is 11.9 Å². The second-order valence-corrected chi connectivity index (χ2v) is 8.63. The molecular weight excluding hydrogens is 425 g/mol. The Morgan fingerprint density at radius 3 is 2.88 bits per heavy atom. The Kier molecular flexibility index (Phi) is 5.03. The molecule has 0 spiro atoms. The van der Waals surface area contributed by atoms with Crippen LogP contribution in [0.15, 0.2) is 48.4 Å². The summed E-state index contributed by atoms with van der Waals surface area (Å²) in [5.74, 6) is 0.405. The number of ether oxygens (including phenoxy) is 1. The van der Waals surface area contributed by atoms with E-state index in [2.05, 4.69) is 20.9 Å². The van der Waals surface area contributed by atoms with E-state index in [9.17, 15) is 14.0 Å². The van der Waals surface area contributed by atoms with Crippen LogP contribution in [-0.4, -0.2) is 53.6 Å². The number of nitrogens with zero attached hydrogens (tertiary/aromatic N) is 2. The van der Waals surface area contributed by atoms with Crippen molar-refractivity contribution in [1.82, 2.24) is 15.2 Å². The van der Waals surface area contributed by atoms with Crippen molar-refractivity contribution in [2.45, 2.75) is 19.4 Å². The Labute approximate surface area is 190 Å². The van der Waals surface area contributed by atoms with Crippen molar-refractivity contribution in [3.8, 4) is 0 Å². The van der Waals surface area contributed by atoms with Crippen LogP contribution in [0.25, 0.3) is 11.1 Å². The third-order valence-electron chi connectivity index (χ3n) is 5.97. The number of aromatic nitrogens is 1. The van der Waals surface area contributed by atoms with E-state index in [1.54, 1.807) is 17.2 Å². The molecule has 0 aliphatic carbocycles. The van der Waals surface area contributed by atoms with Gasteiger partial charge in [0.25, 0.3) is 5.91 Å². The minimum atomic E-state index is -0.683. The number of pyridine rings is 1. The summed E-state index contributed by atoms with van der Waals surface area (Å²) in [5.41, 5.74) is 2.57. The number of carbonyl (C=O) groups excluding carboxylic acids is 2. The molecule has 170 valence electrons. The highest BCUT2D eigenvalue weighted by Crippen LogP contribution is 2.44. The van der Waals surface area contributed by atoms with Gasteiger partial charge in [0, 0.05) is 43.5 Å². The molecule has 4 heterocycles. The van der Waals surface area contributed by atoms with Gasteiger partial charge in [-0.2, -0.15) is 0 Å². The van der Waals surface area contributed by atoms with Crippen molar-refractivity contribution in [2.24, 2.45) is 0 Å². The molecule has 33 heavy (non-hydrogen) atoms. The molecular formula is C24H24FN5O3. The third kappa shape index (κ3) is 3.90. The van der Waals surface area contributed by atoms with E-state index < -0.39 is 11.4 Å². The molecule has 1 aromatic carbocycles. The SMILES string of the molecule is CC1(C)O/C(=C2/C(=O)Nc3cc(F)ccc32)C=C1c1ccnc(NCCN2CCNC2=O)c1. The molecule has 2 aromatic rings. The topological polar surface area (TPSA) is 95.6 Å². The van der Waals surface area contributed by atoms with Gasteiger partial charge in [-0.05, 0) is 55.8 Å². The Balaban J connectivity index is 1.41. The highest BCUT2D eigenvalue weighted by molar-refractivity contribution is 6.32. The predicted octanol–water partition coefficient (Wildman–Crippen LogP) is 3.21. The molecule has 3 aliphatic heterocycles. The van der Waals surface area contributed by atoms with Gasteiger partial charge in [0.1, 0.15) is 23.0 Å². The quantitative estimate of drug-likeness (QED) is 0.610. The van der Waals surface area contributed by atoms with E-state index in [0.717, 1.165) is 11.1 Å². The fraction of sp³-hybridized carbons (Fsp3) is 0.292. The van der Waals surface area contributed by atoms with Crippen molar-refractivity contribution < 1.29 is 18.7 Å². The smallest absolute Gasteiger partial charge is 0.317 e. The summed E-state index contributed by atoms with van der Waals surface area (Å²) in [6.45, 7) is 6.40. The molecule has 0 saturated carbocycles. The predicted molar refractivity (Wildman–Crippen MR) is 123 cm³/mol. The average Bonchev–Trinajstić information content (AvgIpc) is 3.41. The van der Waals surface area contributed by atoms with E-state index in [4.69, 9.17) is 4.74 Å². The summed E-state index contributed by atoms with van der Waals surface area (Å²) < 4.78 is 19.8. The van der Waals surface area contributed by atoms with Gasteiger partial charge in [-0.3, -0.25) is 4.79 Å². The minimum Gasteiger partial charge on any atom is -0.482 e. The van der Waals surface area contributed by atoms with Crippen LogP contribution in [0, 0.1) is 5.82 Å². The molecule has 0 bridgehead atoms. The zero-order valence-electron chi connectivity index (χ0n) is 18.4. The molecule has 9 heteroatoms. The van der Waals surface area contributed by atoms with Gasteiger partial charge >= 0.3 is 6.03 Å². The third-order valence-corrected chi connectivity index (χ3v) is 5.97. The molecule has 3 amide bonds. The molecule has 1 saturated heterocycles. The number of amides is 3. The molecule has 8 nitrogen and oxygen atoms in total. The maximum atomic E-state index is 13.6. The first-order chi connectivity index (χ1) is 15.8. The van der Waals surface area contributed by atoms with Crippen molar-refractivity contribution in [3.63, 3.8) is 0 Å². The first-order valence-corrected chi connectivity index (χ1v) is 10.8. The monoisotopic (exact) mass is 449 g/mol. The normalized spacial score (nSPS) is 20.8. The Morgan fingerprint density at radius 1 is 1.24 bits per heavy atom. The highest BCUT2D eigenvalue weighted by Gasteiger charge is 2.38. The molecule has 3 aliphatic rings. The maximum Gasteiger partial charge on any atom is 0.317 e. The van der Waals surface area contributed by atoms with Gasteiger partial charge in [0.05, 0.1) is 11.3 Å². The summed E-state index contributed by atoms with van der Waals surface area (Å²) in [6, 6.07) is 7.99. The van der Waals surface area contributed by atoms with Crippen molar-refractivity contribution in [1.29, 1.82) is 0 Å². The molecule has 1 aromatic heterocycles. The number of urea groups is 1. The zero-order valence-corrected chi connectivity index (χ0v) is 18.4. The highest BCUT2D eigenvalue weighted by atomic mass is 19.1. The number of fused-ring (bicyclic) bond motifs is 1. The summed E-state index contributed by atoms with van der Waals surface area (Å²) >= 11 is 0. The first kappa shape index (κ1) is 21.0. The van der Waals surface area contributed by atoms with E-state index >= 15 is 0 Å². The van der Waals surface area contributed by atoms with Gasteiger partial charge in [-0.15, -0.1) is 0 Å². The summed E-state index contributed by atoms with van der Waals surface area (Å²) in [7, 11) is 0. The Hall–Kier alpha value is -3.88. The maximum absolute atomic E-state index is 13.6. The van der Waals surface area contributed by atoms with E-state index in [0.29, 0.717) is 54.6 Å². The molecule has 0 radical (unpaired) electrons. The standard InChI is InChI=1S/C24H24FN5O3/c1-24(2)17(13-19(33-24)21-16-4-3-15(25)12-18(16)29-22(21)31)14-5-6-26-20(11-14)27-7-9-30-10-8-28-23(30)32/h3-6,11-13H,7-10H2,1-2H3,(H,26,27)(H,28,32)(H,29,31)/b21-19+. The van der Waals surface area contributed by atoms with Gasteiger partial charge in [0.15, 0.2) is 0 Å². The Morgan fingerprint density at radius 2 is 2.09 bits per heavy atom. The number of nitrogens with one attached hydrogen (secondary N) is 3. The molecule has 0 unspecified atom stereocenters. The van der Waals surface area contributed by atoms with Crippen LogP contribution in [0.2, 0.25) is 0 Å². The Bertz CT molecular complexity index is 1220. The van der Waals surface area contributed by atoms with Gasteiger partial charge < -0.3 is 25.6 Å². The van der Waals surface area contributed by atoms with Crippen LogP contribution in [0.4, 0.5) is 20.7 Å².